The van der Waals surface area contributed by atoms with Gasteiger partial charge in [0.25, 0.3) is 0 Å². The molecule has 2 rings (SSSR count). The lowest BCUT2D eigenvalue weighted by Crippen LogP contribution is -2.36. The van der Waals surface area contributed by atoms with Crippen molar-refractivity contribution in [2.75, 3.05) is 25.0 Å². The number of carbonyl (C=O) groups excluding carboxylic acids is 1. The highest BCUT2D eigenvalue weighted by Crippen LogP contribution is 2.28. The average Bonchev–Trinajstić information content (AvgIpc) is 2.88. The molecule has 1 N–H and O–H groups in total. The number of amides is 1. The Bertz CT molecular complexity index is 457. The minimum Gasteiger partial charge on any atom is -0.360 e. The molecule has 1 aromatic heterocycles. The van der Waals surface area contributed by atoms with Crippen LogP contribution in [0.4, 0.5) is 18.3 Å². The van der Waals surface area contributed by atoms with E-state index in [4.69, 9.17) is 0 Å². The smallest absolute Gasteiger partial charge is 0.360 e. The standard InChI is InChI=1S/C11H15F3N4OS/c12-11(13,14)9-16-10(20-17-9)15-5-4-8(19)18-6-2-1-3-7-18/h1-7H2,(H,15,16,17). The van der Waals surface area contributed by atoms with Crippen LogP contribution in [-0.2, 0) is 11.0 Å². The van der Waals surface area contributed by atoms with Crippen LogP contribution in [0.1, 0.15) is 31.5 Å². The molecule has 0 saturated carbocycles. The topological polar surface area (TPSA) is 58.1 Å². The van der Waals surface area contributed by atoms with E-state index in [1.54, 1.807) is 4.90 Å². The maximum Gasteiger partial charge on any atom is 0.452 e. The summed E-state index contributed by atoms with van der Waals surface area (Å²) in [6, 6.07) is 0. The van der Waals surface area contributed by atoms with Crippen molar-refractivity contribution in [2.24, 2.45) is 0 Å². The zero-order valence-electron chi connectivity index (χ0n) is 10.7. The van der Waals surface area contributed by atoms with Crippen LogP contribution in [0.25, 0.3) is 0 Å². The first kappa shape index (κ1) is 15.0. The number of rotatable bonds is 4. The second-order valence-corrected chi connectivity index (χ2v) is 5.29. The monoisotopic (exact) mass is 308 g/mol. The molecule has 1 amide bonds. The van der Waals surface area contributed by atoms with Crippen LogP contribution in [0.5, 0.6) is 0 Å². The highest BCUT2D eigenvalue weighted by atomic mass is 32.1. The SMILES string of the molecule is O=C(CCNc1nc(C(F)(F)F)ns1)N1CCCCC1. The Labute approximate surface area is 118 Å². The molecule has 1 aromatic rings. The summed E-state index contributed by atoms with van der Waals surface area (Å²) in [6.07, 6.45) is -1.09. The Kier molecular flexibility index (Phi) is 4.79. The fourth-order valence-electron chi connectivity index (χ4n) is 1.99. The predicted octanol–water partition coefficient (Wildman–Crippen LogP) is 2.37. The van der Waals surface area contributed by atoms with Crippen molar-refractivity contribution in [3.05, 3.63) is 5.82 Å². The van der Waals surface area contributed by atoms with Gasteiger partial charge >= 0.3 is 6.18 Å². The van der Waals surface area contributed by atoms with Gasteiger partial charge in [0.15, 0.2) is 0 Å². The largest absolute Gasteiger partial charge is 0.452 e. The van der Waals surface area contributed by atoms with E-state index >= 15 is 0 Å². The minimum atomic E-state index is -4.53. The molecule has 0 atom stereocenters. The van der Waals surface area contributed by atoms with E-state index < -0.39 is 12.0 Å². The predicted molar refractivity (Wildman–Crippen MR) is 68.4 cm³/mol. The van der Waals surface area contributed by atoms with E-state index in [0.717, 1.165) is 32.4 Å². The van der Waals surface area contributed by atoms with Crippen molar-refractivity contribution in [3.63, 3.8) is 0 Å². The highest BCUT2D eigenvalue weighted by Gasteiger charge is 2.36. The summed E-state index contributed by atoms with van der Waals surface area (Å²) in [5.74, 6) is -1.12. The maximum atomic E-state index is 12.3. The Balaban J connectivity index is 1.75. The fraction of sp³-hybridized carbons (Fsp3) is 0.727. The molecule has 2 heterocycles. The van der Waals surface area contributed by atoms with Crippen molar-refractivity contribution in [2.45, 2.75) is 31.9 Å². The first-order chi connectivity index (χ1) is 9.47. The maximum absolute atomic E-state index is 12.3. The van der Waals surface area contributed by atoms with E-state index in [1.165, 1.54) is 0 Å². The lowest BCUT2D eigenvalue weighted by molar-refractivity contribution is -0.144. The third kappa shape index (κ3) is 4.06. The Morgan fingerprint density at radius 2 is 2.00 bits per heavy atom. The van der Waals surface area contributed by atoms with Gasteiger partial charge in [-0.15, -0.1) is 0 Å². The first-order valence-electron chi connectivity index (χ1n) is 6.39. The van der Waals surface area contributed by atoms with E-state index in [1.807, 2.05) is 0 Å². The number of piperidine rings is 1. The van der Waals surface area contributed by atoms with Gasteiger partial charge in [-0.2, -0.15) is 22.5 Å². The van der Waals surface area contributed by atoms with Gasteiger partial charge in [-0.05, 0) is 19.3 Å². The van der Waals surface area contributed by atoms with E-state index in [2.05, 4.69) is 14.7 Å². The number of halogens is 3. The zero-order valence-corrected chi connectivity index (χ0v) is 11.6. The first-order valence-corrected chi connectivity index (χ1v) is 7.17. The molecule has 1 saturated heterocycles. The van der Waals surface area contributed by atoms with Crippen molar-refractivity contribution >= 4 is 22.6 Å². The zero-order chi connectivity index (χ0) is 14.6. The molecule has 0 radical (unpaired) electrons. The van der Waals surface area contributed by atoms with Gasteiger partial charge in [0.05, 0.1) is 0 Å². The molecule has 0 spiro atoms. The third-order valence-electron chi connectivity index (χ3n) is 3.00. The number of nitrogens with zero attached hydrogens (tertiary/aromatic N) is 3. The van der Waals surface area contributed by atoms with Gasteiger partial charge in [-0.3, -0.25) is 4.79 Å². The molecular formula is C11H15F3N4OS. The number of alkyl halides is 3. The molecule has 0 bridgehead atoms. The molecule has 9 heteroatoms. The number of carbonyl (C=O) groups is 1. The summed E-state index contributed by atoms with van der Waals surface area (Å²) in [6.45, 7) is 1.81. The second kappa shape index (κ2) is 6.38. The molecule has 1 fully saturated rings. The van der Waals surface area contributed by atoms with Crippen LogP contribution in [0, 0.1) is 0 Å². The molecule has 20 heavy (non-hydrogen) atoms. The summed E-state index contributed by atoms with van der Waals surface area (Å²) >= 11 is 0.647. The quantitative estimate of drug-likeness (QED) is 0.928. The number of hydrogen-bond donors (Lipinski definition) is 1. The number of aromatic nitrogens is 2. The average molecular weight is 308 g/mol. The van der Waals surface area contributed by atoms with Crippen molar-refractivity contribution in [1.29, 1.82) is 0 Å². The second-order valence-electron chi connectivity index (χ2n) is 4.54. The molecule has 0 aliphatic carbocycles. The molecule has 112 valence electrons. The molecule has 0 aromatic carbocycles. The van der Waals surface area contributed by atoms with Crippen LogP contribution in [-0.4, -0.2) is 39.8 Å². The lowest BCUT2D eigenvalue weighted by atomic mass is 10.1. The molecular weight excluding hydrogens is 293 g/mol. The van der Waals surface area contributed by atoms with Gasteiger partial charge < -0.3 is 10.2 Å². The van der Waals surface area contributed by atoms with Crippen LogP contribution < -0.4 is 5.32 Å². The summed E-state index contributed by atoms with van der Waals surface area (Å²) in [5, 5.41) is 2.79. The van der Waals surface area contributed by atoms with E-state index in [0.29, 0.717) is 11.5 Å². The molecule has 5 nitrogen and oxygen atoms in total. The molecule has 1 aliphatic rings. The van der Waals surface area contributed by atoms with Gasteiger partial charge in [-0.1, -0.05) is 0 Å². The number of likely N-dealkylation sites (tertiary alicyclic amines) is 1. The Hall–Kier alpha value is -1.38. The minimum absolute atomic E-state index is 0.0257. The number of hydrogen-bond acceptors (Lipinski definition) is 5. The van der Waals surface area contributed by atoms with Gasteiger partial charge in [0.1, 0.15) is 0 Å². The van der Waals surface area contributed by atoms with Crippen LogP contribution in [0.15, 0.2) is 0 Å². The van der Waals surface area contributed by atoms with Crippen molar-refractivity contribution in [1.82, 2.24) is 14.3 Å². The third-order valence-corrected chi connectivity index (χ3v) is 3.68. The summed E-state index contributed by atoms with van der Waals surface area (Å²) < 4.78 is 40.1. The van der Waals surface area contributed by atoms with Gasteiger partial charge in [0, 0.05) is 37.6 Å². The number of anilines is 1. The van der Waals surface area contributed by atoms with E-state index in [-0.39, 0.29) is 24.0 Å². The lowest BCUT2D eigenvalue weighted by Gasteiger charge is -2.26. The molecule has 0 unspecified atom stereocenters. The van der Waals surface area contributed by atoms with Crippen molar-refractivity contribution < 1.29 is 18.0 Å². The number of nitrogens with one attached hydrogen (secondary N) is 1. The van der Waals surface area contributed by atoms with E-state index in [9.17, 15) is 18.0 Å². The Morgan fingerprint density at radius 3 is 2.60 bits per heavy atom. The van der Waals surface area contributed by atoms with Gasteiger partial charge in [0.2, 0.25) is 16.9 Å². The summed E-state index contributed by atoms with van der Waals surface area (Å²) in [4.78, 5) is 17.0. The summed E-state index contributed by atoms with van der Waals surface area (Å²) in [7, 11) is 0. The Morgan fingerprint density at radius 1 is 1.30 bits per heavy atom. The summed E-state index contributed by atoms with van der Waals surface area (Å²) in [5.41, 5.74) is 0. The molecule has 1 aliphatic heterocycles. The fourth-order valence-corrected chi connectivity index (χ4v) is 2.60. The van der Waals surface area contributed by atoms with Crippen molar-refractivity contribution in [3.8, 4) is 0 Å². The highest BCUT2D eigenvalue weighted by molar-refractivity contribution is 7.09. The van der Waals surface area contributed by atoms with Crippen LogP contribution in [0.3, 0.4) is 0 Å². The van der Waals surface area contributed by atoms with Gasteiger partial charge in [-0.25, -0.2) is 0 Å². The van der Waals surface area contributed by atoms with Crippen LogP contribution in [0.2, 0.25) is 0 Å². The van der Waals surface area contributed by atoms with Crippen LogP contribution >= 0.6 is 11.5 Å². The normalized spacial score (nSPS) is 16.2.